The van der Waals surface area contributed by atoms with Crippen LogP contribution in [0.15, 0.2) is 21.9 Å². The first-order valence-corrected chi connectivity index (χ1v) is 13.7. The normalized spacial score (nSPS) is 25.0. The highest BCUT2D eigenvalue weighted by Gasteiger charge is 2.44. The monoisotopic (exact) mass is 523 g/mol. The molecule has 13 nitrogen and oxygen atoms in total. The van der Waals surface area contributed by atoms with Gasteiger partial charge in [0.1, 0.15) is 24.1 Å². The van der Waals surface area contributed by atoms with E-state index in [0.717, 1.165) is 10.6 Å². The third-order valence-corrected chi connectivity index (χ3v) is 8.79. The Balaban J connectivity index is 2.13. The SMILES string of the molecule is COC(=O)CSP(=O)(N[C@H](C)C(=O)OC(C)C)OC[C@H]1O[C@@H](n2ccc(=O)[nH]c2=O)[C@@H](C)[C@@H]1O. The van der Waals surface area contributed by atoms with E-state index in [1.165, 1.54) is 20.2 Å². The van der Waals surface area contributed by atoms with Gasteiger partial charge in [-0.25, -0.2) is 9.88 Å². The lowest BCUT2D eigenvalue weighted by atomic mass is 10.0. The van der Waals surface area contributed by atoms with Gasteiger partial charge in [-0.15, -0.1) is 0 Å². The molecule has 3 N–H and O–H groups in total. The van der Waals surface area contributed by atoms with Gasteiger partial charge in [0, 0.05) is 18.2 Å². The van der Waals surface area contributed by atoms with Gasteiger partial charge < -0.3 is 23.8 Å². The van der Waals surface area contributed by atoms with E-state index >= 15 is 0 Å². The molecule has 0 aliphatic carbocycles. The van der Waals surface area contributed by atoms with Crippen LogP contribution in [0.4, 0.5) is 0 Å². The van der Waals surface area contributed by atoms with Crippen LogP contribution in [0.1, 0.15) is 33.9 Å². The van der Waals surface area contributed by atoms with Crippen LogP contribution in [0.2, 0.25) is 0 Å². The lowest BCUT2D eigenvalue weighted by molar-refractivity contribution is -0.149. The first-order valence-electron chi connectivity index (χ1n) is 10.5. The molecule has 0 saturated carbocycles. The number of nitrogens with zero attached hydrogens (tertiary/aromatic N) is 1. The lowest BCUT2D eigenvalue weighted by Gasteiger charge is -2.24. The standard InChI is InChI=1S/C19H30N3O10PS/c1-10(2)31-18(26)12(4)21-33(28,34-9-15(24)29-5)30-8-13-16(25)11(3)17(32-13)22-7-6-14(23)20-19(22)27/h6-7,10-13,16-17,25H,8-9H2,1-5H3,(H,21,28)(H,20,23,27)/t11-,12+,13+,16-,17+,33?/m0/s1. The third kappa shape index (κ3) is 7.52. The van der Waals surface area contributed by atoms with Crippen molar-refractivity contribution in [2.45, 2.75) is 58.3 Å². The number of carbonyl (C=O) groups is 2. The fourth-order valence-electron chi connectivity index (χ4n) is 3.08. The third-order valence-electron chi connectivity index (χ3n) is 4.85. The Kier molecular flexibility index (Phi) is 10.1. The zero-order valence-corrected chi connectivity index (χ0v) is 21.2. The van der Waals surface area contributed by atoms with Crippen molar-refractivity contribution >= 4 is 30.0 Å². The summed E-state index contributed by atoms with van der Waals surface area (Å²) in [5.41, 5.74) is -1.29. The number of nitrogens with one attached hydrogen (secondary N) is 2. The number of aliphatic hydroxyl groups is 1. The summed E-state index contributed by atoms with van der Waals surface area (Å²) in [5.74, 6) is -2.23. The average Bonchev–Trinajstić information content (AvgIpc) is 3.04. The number of rotatable bonds is 11. The molecule has 1 unspecified atom stereocenters. The number of H-pyrrole nitrogens is 1. The van der Waals surface area contributed by atoms with Crippen molar-refractivity contribution < 1.29 is 38.0 Å². The van der Waals surface area contributed by atoms with Crippen molar-refractivity contribution in [3.8, 4) is 0 Å². The minimum Gasteiger partial charge on any atom is -0.468 e. The van der Waals surface area contributed by atoms with Crippen molar-refractivity contribution in [1.82, 2.24) is 14.6 Å². The summed E-state index contributed by atoms with van der Waals surface area (Å²) in [6, 6.07) is 0.117. The van der Waals surface area contributed by atoms with Crippen LogP contribution in [0.25, 0.3) is 0 Å². The molecule has 1 saturated heterocycles. The Morgan fingerprint density at radius 1 is 1.35 bits per heavy atom. The molecule has 34 heavy (non-hydrogen) atoms. The highest BCUT2D eigenvalue weighted by atomic mass is 32.7. The fourth-order valence-corrected chi connectivity index (χ4v) is 6.55. The summed E-state index contributed by atoms with van der Waals surface area (Å²) in [6.45, 7) is 2.13. The molecule has 1 aromatic heterocycles. The second kappa shape index (κ2) is 12.1. The topological polar surface area (TPSA) is 175 Å². The van der Waals surface area contributed by atoms with Gasteiger partial charge in [0.05, 0.1) is 25.9 Å². The lowest BCUT2D eigenvalue weighted by Crippen LogP contribution is -2.36. The van der Waals surface area contributed by atoms with Crippen LogP contribution >= 0.6 is 18.1 Å². The highest BCUT2D eigenvalue weighted by molar-refractivity contribution is 8.56. The van der Waals surface area contributed by atoms with Gasteiger partial charge in [0.25, 0.3) is 5.56 Å². The van der Waals surface area contributed by atoms with Crippen LogP contribution in [0, 0.1) is 5.92 Å². The van der Waals surface area contributed by atoms with E-state index in [9.17, 15) is 28.8 Å². The van der Waals surface area contributed by atoms with Crippen molar-refractivity contribution in [2.24, 2.45) is 5.92 Å². The quantitative estimate of drug-likeness (QED) is 0.269. The molecule has 0 bridgehead atoms. The molecule has 0 aromatic carbocycles. The predicted molar refractivity (Wildman–Crippen MR) is 122 cm³/mol. The van der Waals surface area contributed by atoms with Gasteiger partial charge in [-0.05, 0) is 32.2 Å². The molecular formula is C19H30N3O10PS. The summed E-state index contributed by atoms with van der Waals surface area (Å²) < 4.78 is 35.5. The van der Waals surface area contributed by atoms with Crippen LogP contribution < -0.4 is 16.3 Å². The summed E-state index contributed by atoms with van der Waals surface area (Å²) >= 11 is 0.616. The molecule has 1 fully saturated rings. The van der Waals surface area contributed by atoms with Gasteiger partial charge in [0.2, 0.25) is 0 Å². The second-order valence-corrected chi connectivity index (χ2v) is 12.2. The van der Waals surface area contributed by atoms with Gasteiger partial charge in [-0.1, -0.05) is 6.92 Å². The van der Waals surface area contributed by atoms with Gasteiger partial charge >= 0.3 is 24.3 Å². The van der Waals surface area contributed by atoms with Gasteiger partial charge in [-0.3, -0.25) is 28.5 Å². The molecule has 0 radical (unpaired) electrons. The molecule has 192 valence electrons. The minimum atomic E-state index is -3.89. The zero-order chi connectivity index (χ0) is 25.6. The van der Waals surface area contributed by atoms with Crippen LogP contribution in [0.3, 0.4) is 0 Å². The smallest absolute Gasteiger partial charge is 0.330 e. The average molecular weight is 524 g/mol. The van der Waals surface area contributed by atoms with Crippen LogP contribution in [-0.4, -0.2) is 70.4 Å². The van der Waals surface area contributed by atoms with Crippen LogP contribution in [0.5, 0.6) is 0 Å². The Bertz CT molecular complexity index is 1030. The second-order valence-electron chi connectivity index (χ2n) is 7.91. The molecule has 1 aromatic rings. The first-order chi connectivity index (χ1) is 15.9. The Hall–Kier alpha value is -1.96. The number of hydrogen-bond acceptors (Lipinski definition) is 11. The van der Waals surface area contributed by atoms with E-state index in [2.05, 4.69) is 14.8 Å². The number of aromatic nitrogens is 2. The Labute approximate surface area is 199 Å². The molecule has 2 heterocycles. The maximum atomic E-state index is 13.4. The number of hydrogen-bond donors (Lipinski definition) is 3. The summed E-state index contributed by atoms with van der Waals surface area (Å²) in [4.78, 5) is 49.3. The van der Waals surface area contributed by atoms with E-state index in [0.29, 0.717) is 11.4 Å². The minimum absolute atomic E-state index is 0.327. The van der Waals surface area contributed by atoms with E-state index in [1.807, 2.05) is 0 Å². The number of ether oxygens (including phenoxy) is 3. The van der Waals surface area contributed by atoms with E-state index < -0.39 is 66.4 Å². The van der Waals surface area contributed by atoms with Crippen molar-refractivity contribution in [3.63, 3.8) is 0 Å². The number of aliphatic hydroxyl groups excluding tert-OH is 1. The number of methoxy groups -OCH3 is 1. The summed E-state index contributed by atoms with van der Waals surface area (Å²) in [5, 5.41) is 13.2. The van der Waals surface area contributed by atoms with Crippen molar-refractivity contribution in [3.05, 3.63) is 33.1 Å². The molecule has 0 spiro atoms. The molecule has 1 aliphatic heterocycles. The molecule has 1 aliphatic rings. The van der Waals surface area contributed by atoms with E-state index in [1.54, 1.807) is 20.8 Å². The van der Waals surface area contributed by atoms with Gasteiger partial charge in [0.15, 0.2) is 0 Å². The zero-order valence-electron chi connectivity index (χ0n) is 19.5. The number of carbonyl (C=O) groups excluding carboxylic acids is 2. The Morgan fingerprint density at radius 2 is 2.03 bits per heavy atom. The molecular weight excluding hydrogens is 493 g/mol. The van der Waals surface area contributed by atoms with E-state index in [4.69, 9.17) is 14.0 Å². The number of esters is 2. The molecule has 6 atom stereocenters. The molecule has 0 amide bonds. The fraction of sp³-hybridized carbons (Fsp3) is 0.684. The maximum absolute atomic E-state index is 13.4. The summed E-state index contributed by atoms with van der Waals surface area (Å²) in [7, 11) is 1.17. The van der Waals surface area contributed by atoms with E-state index in [-0.39, 0.29) is 12.4 Å². The highest BCUT2D eigenvalue weighted by Crippen LogP contribution is 2.56. The first kappa shape index (κ1) is 28.3. The number of aromatic amines is 1. The molecule has 2 rings (SSSR count). The Morgan fingerprint density at radius 3 is 2.62 bits per heavy atom. The van der Waals surface area contributed by atoms with Crippen LogP contribution in [-0.2, 0) is 32.9 Å². The van der Waals surface area contributed by atoms with Gasteiger partial charge in [-0.2, -0.15) is 0 Å². The predicted octanol–water partition coefficient (Wildman–Crippen LogP) is 0.392. The van der Waals surface area contributed by atoms with Crippen molar-refractivity contribution in [1.29, 1.82) is 0 Å². The summed E-state index contributed by atoms with van der Waals surface area (Å²) in [6.07, 6.45) is -2.16. The largest absolute Gasteiger partial charge is 0.468 e. The maximum Gasteiger partial charge on any atom is 0.330 e. The molecule has 15 heteroatoms. The van der Waals surface area contributed by atoms with Crippen molar-refractivity contribution in [2.75, 3.05) is 19.5 Å².